The van der Waals surface area contributed by atoms with Crippen molar-refractivity contribution in [1.82, 2.24) is 15.0 Å². The Kier molecular flexibility index (Phi) is 6.16. The normalized spacial score (nSPS) is 11.8. The Morgan fingerprint density at radius 1 is 0.417 bits per heavy atom. The van der Waals surface area contributed by atoms with E-state index in [1.54, 1.807) is 0 Å². The molecule has 0 saturated carbocycles. The smallest absolute Gasteiger partial charge is 0.0615 e. The summed E-state index contributed by atoms with van der Waals surface area (Å²) >= 11 is 0.267. The number of hydrogen-bond donors (Lipinski definition) is 0. The van der Waals surface area contributed by atoms with Crippen LogP contribution in [-0.4, -0.2) is 29.5 Å². The summed E-state index contributed by atoms with van der Waals surface area (Å²) in [7, 11) is 0. The van der Waals surface area contributed by atoms with E-state index in [2.05, 4.69) is 91.0 Å². The van der Waals surface area contributed by atoms with Crippen LogP contribution >= 0.6 is 0 Å². The summed E-state index contributed by atoms with van der Waals surface area (Å²) in [6, 6.07) is 53.1. The van der Waals surface area contributed by atoms with E-state index in [9.17, 15) is 0 Å². The Balaban J connectivity index is 1.16. The first kappa shape index (κ1) is 27.3. The van der Waals surface area contributed by atoms with Crippen LogP contribution in [0.4, 0.5) is 0 Å². The van der Waals surface area contributed by atoms with Crippen LogP contribution in [0, 0.1) is 0 Å². The first-order valence-electron chi connectivity index (χ1n) is 15.9. The number of aromatic nitrogens is 3. The molecule has 0 fully saturated rings. The van der Waals surface area contributed by atoms with Gasteiger partial charge in [0, 0.05) is 5.39 Å². The summed E-state index contributed by atoms with van der Waals surface area (Å²) in [5.74, 6) is 1.89. The van der Waals surface area contributed by atoms with Gasteiger partial charge in [0.1, 0.15) is 11.2 Å². The molecule has 10 rings (SSSR count). The topological polar surface area (TPSA) is 51.8 Å². The van der Waals surface area contributed by atoms with Crippen molar-refractivity contribution in [3.05, 3.63) is 152 Å². The molecule has 0 aliphatic heterocycles. The molecule has 5 heteroatoms. The van der Waals surface area contributed by atoms with Crippen molar-refractivity contribution in [3.63, 3.8) is 0 Å². The molecule has 0 unspecified atom stereocenters. The number of fused-ring (bicyclic) bond motifs is 7. The van der Waals surface area contributed by atoms with Crippen LogP contribution in [-0.2, 0) is 0 Å². The van der Waals surface area contributed by atoms with E-state index in [0.29, 0.717) is 17.5 Å². The van der Waals surface area contributed by atoms with Gasteiger partial charge in [-0.05, 0) is 12.1 Å². The van der Waals surface area contributed by atoms with Gasteiger partial charge in [0.05, 0.1) is 0 Å². The Labute approximate surface area is 281 Å². The molecule has 4 nitrogen and oxygen atoms in total. The monoisotopic (exact) mass is 679 g/mol. The molecular formula is C43H25N3OSe. The molecule has 10 aromatic rings. The van der Waals surface area contributed by atoms with E-state index in [-0.39, 0.29) is 14.5 Å². The number of rotatable bonds is 4. The minimum Gasteiger partial charge on any atom is -0.0615 e. The summed E-state index contributed by atoms with van der Waals surface area (Å²) in [5.41, 5.74) is 7.03. The van der Waals surface area contributed by atoms with Crippen LogP contribution in [0.3, 0.4) is 0 Å². The molecule has 0 spiro atoms. The van der Waals surface area contributed by atoms with Crippen molar-refractivity contribution in [3.8, 4) is 45.3 Å². The molecule has 0 aliphatic carbocycles. The molecule has 0 N–H and O–H groups in total. The maximum absolute atomic E-state index is 6.22. The Hall–Kier alpha value is -5.87. The third kappa shape index (κ3) is 4.33. The summed E-state index contributed by atoms with van der Waals surface area (Å²) < 4.78 is 9.13. The molecule has 3 aromatic heterocycles. The molecule has 0 amide bonds. The van der Waals surface area contributed by atoms with Crippen LogP contribution in [0.5, 0.6) is 0 Å². The van der Waals surface area contributed by atoms with E-state index < -0.39 is 0 Å². The zero-order valence-electron chi connectivity index (χ0n) is 25.6. The van der Waals surface area contributed by atoms with Gasteiger partial charge in [0.25, 0.3) is 0 Å². The third-order valence-corrected chi connectivity index (χ3v) is 11.7. The number of nitrogens with zero attached hydrogens (tertiary/aromatic N) is 3. The molecule has 0 aliphatic rings. The summed E-state index contributed by atoms with van der Waals surface area (Å²) in [6.07, 6.45) is 0. The second kappa shape index (κ2) is 10.9. The second-order valence-electron chi connectivity index (χ2n) is 12.0. The van der Waals surface area contributed by atoms with Crippen LogP contribution in [0.15, 0.2) is 156 Å². The van der Waals surface area contributed by atoms with Gasteiger partial charge in [-0.15, -0.1) is 0 Å². The summed E-state index contributed by atoms with van der Waals surface area (Å²) in [5, 5.41) is 7.15. The average molecular weight is 679 g/mol. The van der Waals surface area contributed by atoms with Gasteiger partial charge in [-0.1, -0.05) is 42.5 Å². The van der Waals surface area contributed by atoms with Crippen LogP contribution < -0.4 is 0 Å². The Morgan fingerprint density at radius 3 is 2.00 bits per heavy atom. The van der Waals surface area contributed by atoms with Crippen molar-refractivity contribution in [2.24, 2.45) is 0 Å². The predicted octanol–water partition coefficient (Wildman–Crippen LogP) is 11.0. The van der Waals surface area contributed by atoms with Gasteiger partial charge in [0.2, 0.25) is 0 Å². The van der Waals surface area contributed by atoms with Crippen molar-refractivity contribution in [2.75, 3.05) is 0 Å². The van der Waals surface area contributed by atoms with Gasteiger partial charge < -0.3 is 4.42 Å². The molecule has 0 atom stereocenters. The first-order chi connectivity index (χ1) is 23.8. The SMILES string of the molecule is c1ccc(-c2nc(-c3ccc4c(-c5cccc6c5[se]c5ccccc56)cccc4c3)nc(-c3cccc4oc5ccccc5c34)n2)cc1. The Morgan fingerprint density at radius 2 is 1.08 bits per heavy atom. The molecule has 224 valence electrons. The number of benzene rings is 7. The Bertz CT molecular complexity index is 2850. The van der Waals surface area contributed by atoms with Gasteiger partial charge >= 0.3 is 207 Å². The van der Waals surface area contributed by atoms with Gasteiger partial charge in [0.15, 0.2) is 0 Å². The predicted molar refractivity (Wildman–Crippen MR) is 198 cm³/mol. The van der Waals surface area contributed by atoms with Crippen molar-refractivity contribution >= 4 is 66.5 Å². The van der Waals surface area contributed by atoms with E-state index in [1.165, 1.54) is 35.8 Å². The minimum atomic E-state index is 0.267. The molecular weight excluding hydrogens is 653 g/mol. The molecule has 0 saturated heterocycles. The average Bonchev–Trinajstić information content (AvgIpc) is 3.73. The minimum absolute atomic E-state index is 0.267. The van der Waals surface area contributed by atoms with Gasteiger partial charge in [-0.3, -0.25) is 0 Å². The van der Waals surface area contributed by atoms with Crippen LogP contribution in [0.25, 0.3) is 97.3 Å². The fourth-order valence-electron chi connectivity index (χ4n) is 6.92. The van der Waals surface area contributed by atoms with E-state index in [0.717, 1.165) is 44.0 Å². The van der Waals surface area contributed by atoms with Crippen molar-refractivity contribution < 1.29 is 4.42 Å². The summed E-state index contributed by atoms with van der Waals surface area (Å²) in [4.78, 5) is 15.2. The maximum atomic E-state index is 6.22. The number of para-hydroxylation sites is 1. The zero-order valence-corrected chi connectivity index (χ0v) is 27.3. The molecule has 0 bridgehead atoms. The quantitative estimate of drug-likeness (QED) is 0.174. The standard InChI is InChI=1S/C43H25N3OSe/c1-2-11-26(12-3-1)41-44-42(46-43(45-41)35-19-10-21-37-39(35)34-15-4-6-20-36(34)47-37)28-23-24-29-27(25-28)13-8-16-30(29)32-17-9-18-33-31-14-5-7-22-38(31)48-40(32)33/h1-25H. The van der Waals surface area contributed by atoms with Gasteiger partial charge in [-0.25, -0.2) is 0 Å². The van der Waals surface area contributed by atoms with E-state index in [1.807, 2.05) is 60.7 Å². The van der Waals surface area contributed by atoms with E-state index >= 15 is 0 Å². The van der Waals surface area contributed by atoms with Crippen molar-refractivity contribution in [1.29, 1.82) is 0 Å². The molecule has 7 aromatic carbocycles. The van der Waals surface area contributed by atoms with E-state index in [4.69, 9.17) is 19.4 Å². The van der Waals surface area contributed by atoms with Crippen LogP contribution in [0.1, 0.15) is 0 Å². The number of hydrogen-bond acceptors (Lipinski definition) is 4. The zero-order chi connectivity index (χ0) is 31.6. The fraction of sp³-hybridized carbons (Fsp3) is 0. The van der Waals surface area contributed by atoms with Crippen LogP contribution in [0.2, 0.25) is 0 Å². The molecule has 0 radical (unpaired) electrons. The molecule has 3 heterocycles. The van der Waals surface area contributed by atoms with Crippen molar-refractivity contribution in [2.45, 2.75) is 0 Å². The summed E-state index contributed by atoms with van der Waals surface area (Å²) in [6.45, 7) is 0. The fourth-order valence-corrected chi connectivity index (χ4v) is 9.50. The number of furan rings is 1. The van der Waals surface area contributed by atoms with Gasteiger partial charge in [-0.2, -0.15) is 0 Å². The third-order valence-electron chi connectivity index (χ3n) is 9.14. The molecule has 48 heavy (non-hydrogen) atoms. The second-order valence-corrected chi connectivity index (χ2v) is 14.2. The first-order valence-corrected chi connectivity index (χ1v) is 17.7.